The summed E-state index contributed by atoms with van der Waals surface area (Å²) in [6, 6.07) is 27.6. The number of nitrogens with zero attached hydrogens (tertiary/aromatic N) is 2. The van der Waals surface area contributed by atoms with E-state index < -0.39 is 0 Å². The Kier molecular flexibility index (Phi) is 6.50. The lowest BCUT2D eigenvalue weighted by Crippen LogP contribution is -2.28. The SMILES string of the molecule is c1ccc(-c2cc(NC(CCN3CCCCCC3)c3cccc4ccccc34)on2)cc1. The summed E-state index contributed by atoms with van der Waals surface area (Å²) in [5.41, 5.74) is 3.24. The van der Waals surface area contributed by atoms with Crippen LogP contribution in [0.5, 0.6) is 0 Å². The number of fused-ring (bicyclic) bond motifs is 1. The fourth-order valence-electron chi connectivity index (χ4n) is 4.79. The molecule has 3 aromatic carbocycles. The smallest absolute Gasteiger partial charge is 0.225 e. The largest absolute Gasteiger partial charge is 0.347 e. The van der Waals surface area contributed by atoms with Gasteiger partial charge < -0.3 is 14.7 Å². The van der Waals surface area contributed by atoms with Crippen molar-refractivity contribution in [1.29, 1.82) is 0 Å². The van der Waals surface area contributed by atoms with Crippen LogP contribution in [-0.4, -0.2) is 29.7 Å². The van der Waals surface area contributed by atoms with Gasteiger partial charge in [-0.1, -0.05) is 90.8 Å². The maximum absolute atomic E-state index is 5.72. The molecule has 1 aliphatic rings. The van der Waals surface area contributed by atoms with Gasteiger partial charge in [0.25, 0.3) is 0 Å². The number of hydrogen-bond donors (Lipinski definition) is 1. The molecule has 2 heterocycles. The molecular weight excluding hydrogens is 394 g/mol. The molecular formula is C28H31N3O. The number of hydrogen-bond acceptors (Lipinski definition) is 4. The minimum Gasteiger partial charge on any atom is -0.347 e. The van der Waals surface area contributed by atoms with E-state index in [2.05, 4.69) is 70.0 Å². The van der Waals surface area contributed by atoms with Crippen molar-refractivity contribution >= 4 is 16.7 Å². The lowest BCUT2D eigenvalue weighted by molar-refractivity contribution is 0.275. The van der Waals surface area contributed by atoms with Crippen LogP contribution < -0.4 is 5.32 Å². The molecule has 0 radical (unpaired) electrons. The zero-order valence-corrected chi connectivity index (χ0v) is 18.5. The van der Waals surface area contributed by atoms with Gasteiger partial charge in [-0.3, -0.25) is 0 Å². The van der Waals surface area contributed by atoms with Crippen LogP contribution in [0.25, 0.3) is 22.0 Å². The number of anilines is 1. The predicted octanol–water partition coefficient (Wildman–Crippen LogP) is 6.91. The van der Waals surface area contributed by atoms with Crippen molar-refractivity contribution in [3.8, 4) is 11.3 Å². The van der Waals surface area contributed by atoms with Gasteiger partial charge in [0.15, 0.2) is 0 Å². The number of rotatable bonds is 7. The van der Waals surface area contributed by atoms with E-state index in [0.29, 0.717) is 0 Å². The van der Waals surface area contributed by atoms with Gasteiger partial charge in [0.1, 0.15) is 5.69 Å². The van der Waals surface area contributed by atoms with Crippen molar-refractivity contribution < 1.29 is 4.52 Å². The molecule has 1 aliphatic heterocycles. The summed E-state index contributed by atoms with van der Waals surface area (Å²) in [6.07, 6.45) is 6.38. The van der Waals surface area contributed by atoms with Crippen LogP contribution >= 0.6 is 0 Å². The Morgan fingerprint density at radius 3 is 2.44 bits per heavy atom. The number of likely N-dealkylation sites (tertiary alicyclic amines) is 1. The van der Waals surface area contributed by atoms with E-state index in [9.17, 15) is 0 Å². The van der Waals surface area contributed by atoms with Crippen molar-refractivity contribution in [3.63, 3.8) is 0 Å². The average Bonchev–Trinajstić information content (AvgIpc) is 3.16. The lowest BCUT2D eigenvalue weighted by Gasteiger charge is -2.25. The Hall–Kier alpha value is -3.11. The molecule has 0 spiro atoms. The van der Waals surface area contributed by atoms with Crippen LogP contribution in [-0.2, 0) is 0 Å². The Balaban J connectivity index is 1.41. The zero-order valence-electron chi connectivity index (χ0n) is 18.5. The summed E-state index contributed by atoms with van der Waals surface area (Å²) in [7, 11) is 0. The van der Waals surface area contributed by atoms with Gasteiger partial charge in [-0.25, -0.2) is 0 Å². The Morgan fingerprint density at radius 1 is 0.844 bits per heavy atom. The molecule has 0 amide bonds. The highest BCUT2D eigenvalue weighted by Crippen LogP contribution is 2.31. The molecule has 164 valence electrons. The summed E-state index contributed by atoms with van der Waals surface area (Å²) in [5.74, 6) is 0.720. The Morgan fingerprint density at radius 2 is 1.59 bits per heavy atom. The summed E-state index contributed by atoms with van der Waals surface area (Å²) >= 11 is 0. The number of nitrogens with one attached hydrogen (secondary N) is 1. The predicted molar refractivity (Wildman–Crippen MR) is 132 cm³/mol. The fraction of sp³-hybridized carbons (Fsp3) is 0.321. The van der Waals surface area contributed by atoms with Crippen molar-refractivity contribution in [2.24, 2.45) is 0 Å². The van der Waals surface area contributed by atoms with Gasteiger partial charge in [-0.15, -0.1) is 0 Å². The molecule has 0 bridgehead atoms. The third-order valence-corrected chi connectivity index (χ3v) is 6.53. The normalized spacial score (nSPS) is 16.0. The van der Waals surface area contributed by atoms with Crippen LogP contribution in [0, 0.1) is 0 Å². The van der Waals surface area contributed by atoms with E-state index in [4.69, 9.17) is 4.52 Å². The molecule has 1 saturated heterocycles. The summed E-state index contributed by atoms with van der Waals surface area (Å²) in [4.78, 5) is 2.63. The van der Waals surface area contributed by atoms with Crippen molar-refractivity contribution in [2.45, 2.75) is 38.1 Å². The number of benzene rings is 3. The van der Waals surface area contributed by atoms with Crippen LogP contribution in [0.15, 0.2) is 83.4 Å². The van der Waals surface area contributed by atoms with Crippen LogP contribution in [0.3, 0.4) is 0 Å². The maximum atomic E-state index is 5.72. The molecule has 1 N–H and O–H groups in total. The van der Waals surface area contributed by atoms with Crippen molar-refractivity contribution in [1.82, 2.24) is 10.1 Å². The molecule has 5 rings (SSSR count). The van der Waals surface area contributed by atoms with Crippen molar-refractivity contribution in [2.75, 3.05) is 25.0 Å². The fourth-order valence-corrected chi connectivity index (χ4v) is 4.79. The third-order valence-electron chi connectivity index (χ3n) is 6.53. The Labute approximate surface area is 190 Å². The molecule has 1 aromatic heterocycles. The first-order valence-electron chi connectivity index (χ1n) is 11.9. The standard InChI is InChI=1S/C28H31N3O/c1-2-9-19-31(18-8-1)20-17-26(25-16-10-14-22-11-6-7-15-24(22)25)29-28-21-27(30-32-28)23-12-4-3-5-13-23/h3-7,10-16,21,26,29H,1-2,8-9,17-20H2. The summed E-state index contributed by atoms with van der Waals surface area (Å²) in [6.45, 7) is 3.51. The van der Waals surface area contributed by atoms with Gasteiger partial charge in [0.05, 0.1) is 6.04 Å². The average molecular weight is 426 g/mol. The molecule has 0 aliphatic carbocycles. The molecule has 4 aromatic rings. The highest BCUT2D eigenvalue weighted by molar-refractivity contribution is 5.86. The van der Waals surface area contributed by atoms with Gasteiger partial charge in [0, 0.05) is 18.2 Å². The first kappa shape index (κ1) is 20.8. The molecule has 4 nitrogen and oxygen atoms in total. The second kappa shape index (κ2) is 10.0. The van der Waals surface area contributed by atoms with E-state index in [1.165, 1.54) is 55.1 Å². The first-order chi connectivity index (χ1) is 15.9. The van der Waals surface area contributed by atoms with Crippen LogP contribution in [0.1, 0.15) is 43.7 Å². The molecule has 0 saturated carbocycles. The number of aromatic nitrogens is 1. The Bertz CT molecular complexity index is 1120. The second-order valence-corrected chi connectivity index (χ2v) is 8.75. The van der Waals surface area contributed by atoms with E-state index in [1.54, 1.807) is 0 Å². The van der Waals surface area contributed by atoms with Gasteiger partial charge in [-0.2, -0.15) is 0 Å². The highest BCUT2D eigenvalue weighted by atomic mass is 16.5. The van der Waals surface area contributed by atoms with Crippen molar-refractivity contribution in [3.05, 3.63) is 84.4 Å². The highest BCUT2D eigenvalue weighted by Gasteiger charge is 2.19. The molecule has 1 atom stereocenters. The van der Waals surface area contributed by atoms with Gasteiger partial charge in [0.2, 0.25) is 5.88 Å². The van der Waals surface area contributed by atoms with E-state index in [0.717, 1.165) is 30.1 Å². The van der Waals surface area contributed by atoms with Crippen LogP contribution in [0.2, 0.25) is 0 Å². The van der Waals surface area contributed by atoms with E-state index in [-0.39, 0.29) is 6.04 Å². The maximum Gasteiger partial charge on any atom is 0.225 e. The second-order valence-electron chi connectivity index (χ2n) is 8.75. The minimum absolute atomic E-state index is 0.154. The minimum atomic E-state index is 0.154. The monoisotopic (exact) mass is 425 g/mol. The topological polar surface area (TPSA) is 41.3 Å². The molecule has 1 fully saturated rings. The lowest BCUT2D eigenvalue weighted by atomic mass is 9.96. The zero-order chi connectivity index (χ0) is 21.6. The summed E-state index contributed by atoms with van der Waals surface area (Å²) in [5, 5.41) is 10.6. The van der Waals surface area contributed by atoms with Gasteiger partial charge in [-0.05, 0) is 48.7 Å². The molecule has 1 unspecified atom stereocenters. The summed E-state index contributed by atoms with van der Waals surface area (Å²) < 4.78 is 5.72. The van der Waals surface area contributed by atoms with Crippen LogP contribution in [0.4, 0.5) is 5.88 Å². The molecule has 32 heavy (non-hydrogen) atoms. The van der Waals surface area contributed by atoms with Gasteiger partial charge >= 0.3 is 0 Å². The third kappa shape index (κ3) is 4.86. The first-order valence-corrected chi connectivity index (χ1v) is 11.9. The quantitative estimate of drug-likeness (QED) is 0.349. The van der Waals surface area contributed by atoms with E-state index in [1.807, 2.05) is 24.3 Å². The molecule has 4 heteroatoms. The van der Waals surface area contributed by atoms with E-state index >= 15 is 0 Å².